The number of likely N-dealkylation sites (N-methyl/N-ethyl adjacent to an activating group) is 1. The molecule has 1 amide bonds. The maximum absolute atomic E-state index is 12.3. The number of hydrogen-bond donors (Lipinski definition) is 0. The van der Waals surface area contributed by atoms with Gasteiger partial charge in [0.2, 0.25) is 0 Å². The summed E-state index contributed by atoms with van der Waals surface area (Å²) in [7, 11) is 3.40. The van der Waals surface area contributed by atoms with Crippen LogP contribution >= 0.6 is 0 Å². The Kier molecular flexibility index (Phi) is 8.47. The van der Waals surface area contributed by atoms with Crippen molar-refractivity contribution in [2.75, 3.05) is 27.4 Å². The van der Waals surface area contributed by atoms with Crippen molar-refractivity contribution >= 4 is 18.0 Å². The molecule has 7 nitrogen and oxygen atoms in total. The molecule has 2 rings (SSSR count). The van der Waals surface area contributed by atoms with E-state index >= 15 is 0 Å². The second-order valence-electron chi connectivity index (χ2n) is 7.51. The lowest BCUT2D eigenvalue weighted by Crippen LogP contribution is -2.40. The number of rotatable bonds is 8. The quantitative estimate of drug-likeness (QED) is 0.380. The van der Waals surface area contributed by atoms with Crippen LogP contribution in [0.2, 0.25) is 0 Å². The lowest BCUT2D eigenvalue weighted by atomic mass is 9.94. The molecule has 1 heterocycles. The molecular formula is C22H31N3O4. The fraction of sp³-hybridized carbons (Fsp3) is 0.591. The van der Waals surface area contributed by atoms with Crippen molar-refractivity contribution in [1.29, 1.82) is 5.26 Å². The van der Waals surface area contributed by atoms with E-state index in [0.29, 0.717) is 13.2 Å². The van der Waals surface area contributed by atoms with Gasteiger partial charge < -0.3 is 18.9 Å². The van der Waals surface area contributed by atoms with Crippen molar-refractivity contribution in [2.45, 2.75) is 58.5 Å². The van der Waals surface area contributed by atoms with Crippen molar-refractivity contribution < 1.29 is 19.1 Å². The van der Waals surface area contributed by atoms with Crippen molar-refractivity contribution in [3.63, 3.8) is 0 Å². The number of carbonyl (C=O) groups is 2. The monoisotopic (exact) mass is 401 g/mol. The maximum Gasteiger partial charge on any atom is 0.349 e. The van der Waals surface area contributed by atoms with E-state index in [0.717, 1.165) is 42.6 Å². The molecule has 1 aliphatic carbocycles. The smallest absolute Gasteiger partial charge is 0.349 e. The van der Waals surface area contributed by atoms with E-state index in [2.05, 4.69) is 4.57 Å². The molecule has 1 saturated carbocycles. The van der Waals surface area contributed by atoms with Crippen molar-refractivity contribution in [1.82, 2.24) is 9.47 Å². The van der Waals surface area contributed by atoms with Crippen LogP contribution in [0.1, 0.15) is 49.1 Å². The first-order valence-electron chi connectivity index (χ1n) is 10.1. The third-order valence-electron chi connectivity index (χ3n) is 5.61. The number of methoxy groups -OCH3 is 1. The standard InChI is InChI=1S/C22H31N3O4/c1-16-12-18(17(2)25(16)10-11-28-4)13-19(14-23)22(27)29-15-21(26)24(3)20-8-6-5-7-9-20/h12-13,20H,5-11,15H2,1-4H3/b19-13+. The number of aryl methyl sites for hydroxylation is 1. The summed E-state index contributed by atoms with van der Waals surface area (Å²) >= 11 is 0. The summed E-state index contributed by atoms with van der Waals surface area (Å²) in [6, 6.07) is 4.01. The normalized spacial score (nSPS) is 15.1. The fourth-order valence-corrected chi connectivity index (χ4v) is 3.77. The second kappa shape index (κ2) is 10.8. The topological polar surface area (TPSA) is 84.6 Å². The molecule has 29 heavy (non-hydrogen) atoms. The van der Waals surface area contributed by atoms with Gasteiger partial charge in [-0.2, -0.15) is 5.26 Å². The highest BCUT2D eigenvalue weighted by molar-refractivity contribution is 5.99. The SMILES string of the molecule is COCCn1c(C)cc(/C=C(\C#N)C(=O)OCC(=O)N(C)C2CCCCC2)c1C. The van der Waals surface area contributed by atoms with Gasteiger partial charge >= 0.3 is 5.97 Å². The van der Waals surface area contributed by atoms with Gasteiger partial charge in [0.15, 0.2) is 6.61 Å². The summed E-state index contributed by atoms with van der Waals surface area (Å²) in [5.74, 6) is -1.01. The first-order valence-corrected chi connectivity index (χ1v) is 10.1. The molecule has 0 aliphatic heterocycles. The first kappa shape index (κ1) is 22.7. The van der Waals surface area contributed by atoms with Crippen LogP contribution < -0.4 is 0 Å². The Bertz CT molecular complexity index is 798. The summed E-state index contributed by atoms with van der Waals surface area (Å²) in [6.45, 7) is 4.80. The van der Waals surface area contributed by atoms with Crippen LogP contribution in [0.3, 0.4) is 0 Å². The van der Waals surface area contributed by atoms with E-state index in [4.69, 9.17) is 9.47 Å². The van der Waals surface area contributed by atoms with Crippen LogP contribution in [0.4, 0.5) is 0 Å². The Morgan fingerprint density at radius 3 is 2.62 bits per heavy atom. The number of nitriles is 1. The first-order chi connectivity index (χ1) is 13.9. The van der Waals surface area contributed by atoms with Gasteiger partial charge in [-0.1, -0.05) is 19.3 Å². The summed E-state index contributed by atoms with van der Waals surface area (Å²) in [6.07, 6.45) is 6.92. The van der Waals surface area contributed by atoms with Gasteiger partial charge in [0, 0.05) is 38.1 Å². The number of aromatic nitrogens is 1. The van der Waals surface area contributed by atoms with Gasteiger partial charge in [-0.05, 0) is 44.4 Å². The molecule has 0 atom stereocenters. The number of ether oxygens (including phenoxy) is 2. The molecule has 0 radical (unpaired) electrons. The number of carbonyl (C=O) groups excluding carboxylic acids is 2. The zero-order valence-electron chi connectivity index (χ0n) is 17.9. The maximum atomic E-state index is 12.3. The molecule has 0 N–H and O–H groups in total. The Balaban J connectivity index is 2.01. The number of nitrogens with zero attached hydrogens (tertiary/aromatic N) is 3. The highest BCUT2D eigenvalue weighted by Gasteiger charge is 2.23. The summed E-state index contributed by atoms with van der Waals surface area (Å²) in [4.78, 5) is 26.4. The van der Waals surface area contributed by atoms with Crippen LogP contribution in [0.25, 0.3) is 6.08 Å². The molecule has 1 aliphatic rings. The predicted octanol–water partition coefficient (Wildman–Crippen LogP) is 2.99. The minimum absolute atomic E-state index is 0.120. The Morgan fingerprint density at radius 2 is 2.00 bits per heavy atom. The molecule has 1 aromatic rings. The van der Waals surface area contributed by atoms with Crippen molar-refractivity contribution in [3.8, 4) is 6.07 Å². The number of esters is 1. The average molecular weight is 402 g/mol. The summed E-state index contributed by atoms with van der Waals surface area (Å²) < 4.78 is 12.3. The molecule has 0 bridgehead atoms. The van der Waals surface area contributed by atoms with Crippen LogP contribution in [0.5, 0.6) is 0 Å². The van der Waals surface area contributed by atoms with Crippen LogP contribution in [-0.2, 0) is 25.6 Å². The van der Waals surface area contributed by atoms with Crippen LogP contribution in [0, 0.1) is 25.2 Å². The summed E-state index contributed by atoms with van der Waals surface area (Å²) in [5, 5.41) is 9.40. The van der Waals surface area contributed by atoms with Crippen LogP contribution in [-0.4, -0.2) is 54.8 Å². The van der Waals surface area contributed by atoms with Gasteiger partial charge in [0.1, 0.15) is 11.6 Å². The zero-order chi connectivity index (χ0) is 21.4. The fourth-order valence-electron chi connectivity index (χ4n) is 3.77. The lowest BCUT2D eigenvalue weighted by molar-refractivity contribution is -0.149. The average Bonchev–Trinajstić information content (AvgIpc) is 3.00. The molecule has 7 heteroatoms. The molecule has 0 spiro atoms. The molecule has 1 aromatic heterocycles. The Morgan fingerprint density at radius 1 is 1.31 bits per heavy atom. The molecule has 0 unspecified atom stereocenters. The van der Waals surface area contributed by atoms with E-state index in [9.17, 15) is 14.9 Å². The van der Waals surface area contributed by atoms with Crippen molar-refractivity contribution in [3.05, 3.63) is 28.6 Å². The molecule has 158 valence electrons. The van der Waals surface area contributed by atoms with E-state index in [-0.39, 0.29) is 24.1 Å². The third kappa shape index (κ3) is 5.94. The minimum Gasteiger partial charge on any atom is -0.451 e. The van der Waals surface area contributed by atoms with E-state index in [1.165, 1.54) is 12.5 Å². The number of amides is 1. The minimum atomic E-state index is -0.778. The van der Waals surface area contributed by atoms with Gasteiger partial charge in [0.05, 0.1) is 6.61 Å². The Hall–Kier alpha value is -2.59. The van der Waals surface area contributed by atoms with Gasteiger partial charge in [0.25, 0.3) is 5.91 Å². The van der Waals surface area contributed by atoms with E-state index in [1.54, 1.807) is 19.1 Å². The van der Waals surface area contributed by atoms with Gasteiger partial charge in [-0.15, -0.1) is 0 Å². The van der Waals surface area contributed by atoms with E-state index < -0.39 is 5.97 Å². The van der Waals surface area contributed by atoms with Gasteiger partial charge in [-0.25, -0.2) is 4.79 Å². The van der Waals surface area contributed by atoms with E-state index in [1.807, 2.05) is 26.0 Å². The highest BCUT2D eigenvalue weighted by Crippen LogP contribution is 2.22. The second-order valence-corrected chi connectivity index (χ2v) is 7.51. The third-order valence-corrected chi connectivity index (χ3v) is 5.61. The summed E-state index contributed by atoms with van der Waals surface area (Å²) in [5.41, 5.74) is 2.61. The zero-order valence-corrected chi connectivity index (χ0v) is 17.9. The Labute approximate surface area is 172 Å². The van der Waals surface area contributed by atoms with Crippen molar-refractivity contribution in [2.24, 2.45) is 0 Å². The number of hydrogen-bond acceptors (Lipinski definition) is 5. The molecular weight excluding hydrogens is 370 g/mol. The lowest BCUT2D eigenvalue weighted by Gasteiger charge is -2.31. The largest absolute Gasteiger partial charge is 0.451 e. The molecule has 0 aromatic carbocycles. The molecule has 0 saturated heterocycles. The van der Waals surface area contributed by atoms with Crippen LogP contribution in [0.15, 0.2) is 11.6 Å². The predicted molar refractivity (Wildman–Crippen MR) is 110 cm³/mol. The molecule has 1 fully saturated rings. The highest BCUT2D eigenvalue weighted by atomic mass is 16.5. The van der Waals surface area contributed by atoms with Gasteiger partial charge in [-0.3, -0.25) is 4.79 Å².